The first-order valence-corrected chi connectivity index (χ1v) is 10.7. The minimum Gasteiger partial charge on any atom is -0.463 e. The Labute approximate surface area is 176 Å². The number of allylic oxidation sites excluding steroid dienone is 1. The minimum absolute atomic E-state index is 0.0550. The Balaban J connectivity index is 2.05. The second-order valence-corrected chi connectivity index (χ2v) is 8.21. The fraction of sp³-hybridized carbons (Fsp3) is 0.409. The SMILES string of the molecule is CCOC(=O)C1=C(C)N=C2SC=C(CC(=O)NC(C)C)N2[C@@H]1c1ccccc1C. The summed E-state index contributed by atoms with van der Waals surface area (Å²) < 4.78 is 5.36. The van der Waals surface area contributed by atoms with E-state index < -0.39 is 0 Å². The lowest BCUT2D eigenvalue weighted by molar-refractivity contribution is -0.139. The zero-order chi connectivity index (χ0) is 21.1. The zero-order valence-electron chi connectivity index (χ0n) is 17.5. The van der Waals surface area contributed by atoms with Gasteiger partial charge < -0.3 is 15.0 Å². The van der Waals surface area contributed by atoms with E-state index in [1.807, 2.05) is 62.3 Å². The number of esters is 1. The lowest BCUT2D eigenvalue weighted by Crippen LogP contribution is -2.39. The average Bonchev–Trinajstić information content (AvgIpc) is 3.02. The third kappa shape index (κ3) is 4.40. The highest BCUT2D eigenvalue weighted by atomic mass is 32.2. The Morgan fingerprint density at radius 2 is 2.00 bits per heavy atom. The van der Waals surface area contributed by atoms with Crippen LogP contribution < -0.4 is 5.32 Å². The largest absolute Gasteiger partial charge is 0.463 e. The molecule has 1 aromatic carbocycles. The Kier molecular flexibility index (Phi) is 6.47. The van der Waals surface area contributed by atoms with Crippen molar-refractivity contribution in [3.63, 3.8) is 0 Å². The van der Waals surface area contributed by atoms with Crippen LogP contribution in [-0.4, -0.2) is 34.6 Å². The van der Waals surface area contributed by atoms with Crippen molar-refractivity contribution in [2.45, 2.75) is 53.1 Å². The van der Waals surface area contributed by atoms with Crippen LogP contribution in [-0.2, 0) is 14.3 Å². The van der Waals surface area contributed by atoms with E-state index in [0.717, 1.165) is 22.0 Å². The van der Waals surface area contributed by atoms with Crippen molar-refractivity contribution in [3.05, 3.63) is 57.8 Å². The standard InChI is InChI=1S/C22H27N3O3S/c1-6-28-21(27)19-15(5)24-22-25(20(19)17-10-8-7-9-14(17)4)16(12-29-22)11-18(26)23-13(2)3/h7-10,12-13,20H,6,11H2,1-5H3,(H,23,26)/t20-/m1/s1. The number of benzene rings is 1. The van der Waals surface area contributed by atoms with E-state index in [1.54, 1.807) is 6.92 Å². The summed E-state index contributed by atoms with van der Waals surface area (Å²) in [6, 6.07) is 7.67. The molecular weight excluding hydrogens is 386 g/mol. The second-order valence-electron chi connectivity index (χ2n) is 7.37. The number of hydrogen-bond acceptors (Lipinski definition) is 6. The summed E-state index contributed by atoms with van der Waals surface area (Å²) in [5.41, 5.74) is 4.06. The van der Waals surface area contributed by atoms with Gasteiger partial charge in [-0.1, -0.05) is 36.0 Å². The molecule has 154 valence electrons. The number of aliphatic imine (C=N–C) groups is 1. The van der Waals surface area contributed by atoms with E-state index in [1.165, 1.54) is 11.8 Å². The molecule has 0 aliphatic carbocycles. The summed E-state index contributed by atoms with van der Waals surface area (Å²) in [7, 11) is 0. The molecule has 0 saturated carbocycles. The first kappa shape index (κ1) is 21.2. The minimum atomic E-state index is -0.379. The predicted molar refractivity (Wildman–Crippen MR) is 116 cm³/mol. The van der Waals surface area contributed by atoms with Gasteiger partial charge in [0.25, 0.3) is 0 Å². The average molecular weight is 414 g/mol. The summed E-state index contributed by atoms with van der Waals surface area (Å²) in [5, 5.41) is 5.66. The number of rotatable bonds is 6. The first-order valence-electron chi connectivity index (χ1n) is 9.79. The fourth-order valence-electron chi connectivity index (χ4n) is 3.56. The van der Waals surface area contributed by atoms with E-state index in [4.69, 9.17) is 4.74 Å². The number of fused-ring (bicyclic) bond motifs is 1. The molecule has 1 amide bonds. The van der Waals surface area contributed by atoms with Gasteiger partial charge in [-0.15, -0.1) is 0 Å². The highest BCUT2D eigenvalue weighted by Gasteiger charge is 2.41. The van der Waals surface area contributed by atoms with Crippen LogP contribution in [0, 0.1) is 6.92 Å². The van der Waals surface area contributed by atoms with Gasteiger partial charge in [0, 0.05) is 11.7 Å². The summed E-state index contributed by atoms with van der Waals surface area (Å²) in [6.07, 6.45) is 0.224. The lowest BCUT2D eigenvalue weighted by atomic mass is 9.91. The van der Waals surface area contributed by atoms with Gasteiger partial charge >= 0.3 is 5.97 Å². The molecule has 0 spiro atoms. The van der Waals surface area contributed by atoms with Crippen LogP contribution in [0.2, 0.25) is 0 Å². The number of ether oxygens (including phenoxy) is 1. The van der Waals surface area contributed by atoms with Gasteiger partial charge in [0.2, 0.25) is 5.91 Å². The monoisotopic (exact) mass is 413 g/mol. The molecule has 0 unspecified atom stereocenters. The molecule has 2 aliphatic rings. The van der Waals surface area contributed by atoms with Crippen molar-refractivity contribution in [1.29, 1.82) is 0 Å². The number of nitrogens with zero attached hydrogens (tertiary/aromatic N) is 2. The van der Waals surface area contributed by atoms with Gasteiger partial charge in [-0.2, -0.15) is 0 Å². The molecule has 0 radical (unpaired) electrons. The summed E-state index contributed by atoms with van der Waals surface area (Å²) in [4.78, 5) is 32.0. The molecule has 7 heteroatoms. The Hall–Kier alpha value is -2.54. The van der Waals surface area contributed by atoms with Gasteiger partial charge in [-0.05, 0) is 51.2 Å². The van der Waals surface area contributed by atoms with Gasteiger partial charge in [-0.25, -0.2) is 9.79 Å². The van der Waals surface area contributed by atoms with Crippen LogP contribution in [0.4, 0.5) is 0 Å². The highest BCUT2D eigenvalue weighted by molar-refractivity contribution is 8.16. The molecule has 1 aromatic rings. The molecule has 2 aliphatic heterocycles. The third-order valence-corrected chi connectivity index (χ3v) is 5.66. The normalized spacial score (nSPS) is 18.4. The molecule has 2 heterocycles. The Morgan fingerprint density at radius 3 is 2.66 bits per heavy atom. The number of amidine groups is 1. The fourth-order valence-corrected chi connectivity index (χ4v) is 4.53. The highest BCUT2D eigenvalue weighted by Crippen LogP contribution is 2.45. The molecule has 0 fully saturated rings. The lowest BCUT2D eigenvalue weighted by Gasteiger charge is -2.37. The maximum atomic E-state index is 12.9. The van der Waals surface area contributed by atoms with Gasteiger partial charge in [-0.3, -0.25) is 4.79 Å². The Morgan fingerprint density at radius 1 is 1.28 bits per heavy atom. The molecule has 3 rings (SSSR count). The van der Waals surface area contributed by atoms with Crippen LogP contribution in [0.3, 0.4) is 0 Å². The van der Waals surface area contributed by atoms with Crippen LogP contribution in [0.5, 0.6) is 0 Å². The zero-order valence-corrected chi connectivity index (χ0v) is 18.3. The molecule has 6 nitrogen and oxygen atoms in total. The number of aryl methyl sites for hydroxylation is 1. The van der Waals surface area contributed by atoms with Crippen LogP contribution >= 0.6 is 11.8 Å². The first-order chi connectivity index (χ1) is 13.8. The van der Waals surface area contributed by atoms with Crippen molar-refractivity contribution >= 4 is 28.8 Å². The number of hydrogen-bond donors (Lipinski definition) is 1. The topological polar surface area (TPSA) is 71.0 Å². The smallest absolute Gasteiger partial charge is 0.338 e. The van der Waals surface area contributed by atoms with Crippen LogP contribution in [0.15, 0.2) is 51.6 Å². The molecular formula is C22H27N3O3S. The van der Waals surface area contributed by atoms with Crippen molar-refractivity contribution in [2.75, 3.05) is 6.61 Å². The molecule has 0 bridgehead atoms. The van der Waals surface area contributed by atoms with Crippen LogP contribution in [0.1, 0.15) is 51.3 Å². The molecule has 1 atom stereocenters. The number of thioether (sulfide) groups is 1. The van der Waals surface area contributed by atoms with Crippen molar-refractivity contribution in [1.82, 2.24) is 10.2 Å². The quantitative estimate of drug-likeness (QED) is 0.713. The summed E-state index contributed by atoms with van der Waals surface area (Å²) in [5.74, 6) is -0.426. The van der Waals surface area contributed by atoms with Crippen molar-refractivity contribution in [3.8, 4) is 0 Å². The third-order valence-electron chi connectivity index (χ3n) is 4.77. The molecule has 29 heavy (non-hydrogen) atoms. The van der Waals surface area contributed by atoms with Crippen LogP contribution in [0.25, 0.3) is 0 Å². The van der Waals surface area contributed by atoms with Crippen molar-refractivity contribution in [2.24, 2.45) is 4.99 Å². The molecule has 1 N–H and O–H groups in total. The maximum absolute atomic E-state index is 12.9. The molecule has 0 aromatic heterocycles. The number of nitrogens with one attached hydrogen (secondary N) is 1. The van der Waals surface area contributed by atoms with E-state index in [-0.39, 0.29) is 30.4 Å². The van der Waals surface area contributed by atoms with E-state index >= 15 is 0 Å². The Bertz CT molecular complexity index is 918. The predicted octanol–water partition coefficient (Wildman–Crippen LogP) is 4.05. The van der Waals surface area contributed by atoms with Gasteiger partial charge in [0.15, 0.2) is 5.17 Å². The number of carbonyl (C=O) groups excluding carboxylic acids is 2. The van der Waals surface area contributed by atoms with Gasteiger partial charge in [0.05, 0.1) is 30.3 Å². The number of amides is 1. The summed E-state index contributed by atoms with van der Waals surface area (Å²) >= 11 is 1.48. The number of carbonyl (C=O) groups is 2. The summed E-state index contributed by atoms with van der Waals surface area (Å²) in [6.45, 7) is 9.82. The molecule has 0 saturated heterocycles. The van der Waals surface area contributed by atoms with E-state index in [2.05, 4.69) is 10.3 Å². The van der Waals surface area contributed by atoms with Crippen molar-refractivity contribution < 1.29 is 14.3 Å². The van der Waals surface area contributed by atoms with E-state index in [9.17, 15) is 9.59 Å². The second kappa shape index (κ2) is 8.86. The maximum Gasteiger partial charge on any atom is 0.338 e. The van der Waals surface area contributed by atoms with E-state index in [0.29, 0.717) is 17.9 Å². The van der Waals surface area contributed by atoms with Gasteiger partial charge in [0.1, 0.15) is 0 Å².